The van der Waals surface area contributed by atoms with Crippen molar-refractivity contribution in [3.63, 3.8) is 0 Å². The molecule has 21 heavy (non-hydrogen) atoms. The van der Waals surface area contributed by atoms with E-state index < -0.39 is 0 Å². The maximum atomic E-state index is 4.46. The number of thiazole rings is 1. The molecule has 0 radical (unpaired) electrons. The quantitative estimate of drug-likeness (QED) is 0.795. The molecule has 1 aliphatic rings. The fraction of sp³-hybridized carbons (Fsp3) is 0.400. The molecule has 0 atom stereocenters. The van der Waals surface area contributed by atoms with Gasteiger partial charge < -0.3 is 5.32 Å². The largest absolute Gasteiger partial charge is 0.363 e. The van der Waals surface area contributed by atoms with Crippen LogP contribution >= 0.6 is 22.7 Å². The van der Waals surface area contributed by atoms with E-state index in [1.165, 1.54) is 33.5 Å². The van der Waals surface area contributed by atoms with E-state index in [2.05, 4.69) is 27.2 Å². The average molecular weight is 316 g/mol. The van der Waals surface area contributed by atoms with Crippen LogP contribution in [-0.4, -0.2) is 15.0 Å². The number of anilines is 1. The fourth-order valence-electron chi connectivity index (χ4n) is 2.82. The summed E-state index contributed by atoms with van der Waals surface area (Å²) >= 11 is 3.60. The third-order valence-corrected chi connectivity index (χ3v) is 6.20. The molecule has 4 nitrogen and oxygen atoms in total. The molecule has 0 aromatic carbocycles. The van der Waals surface area contributed by atoms with Crippen molar-refractivity contribution in [3.8, 4) is 0 Å². The van der Waals surface area contributed by atoms with Crippen molar-refractivity contribution in [2.45, 2.75) is 39.2 Å². The minimum absolute atomic E-state index is 0.738. The summed E-state index contributed by atoms with van der Waals surface area (Å²) in [5.74, 6) is 0.965. The standard InChI is InChI=1S/C15H16N4S2/c1-2-9-6-16-12(20-9)7-17-14-13-10-4-3-5-11(10)21-15(13)19-8-18-14/h6,8H,2-5,7H2,1H3,(H,17,18,19). The summed E-state index contributed by atoms with van der Waals surface area (Å²) in [6.07, 6.45) is 8.30. The lowest BCUT2D eigenvalue weighted by molar-refractivity contribution is 0.917. The zero-order valence-electron chi connectivity index (χ0n) is 11.8. The van der Waals surface area contributed by atoms with E-state index in [1.807, 2.05) is 17.5 Å². The molecular weight excluding hydrogens is 300 g/mol. The Morgan fingerprint density at radius 3 is 3.00 bits per heavy atom. The molecule has 6 heteroatoms. The van der Waals surface area contributed by atoms with Gasteiger partial charge in [0.05, 0.1) is 11.9 Å². The van der Waals surface area contributed by atoms with Crippen LogP contribution in [0.4, 0.5) is 5.82 Å². The summed E-state index contributed by atoms with van der Waals surface area (Å²) in [6, 6.07) is 0. The van der Waals surface area contributed by atoms with Gasteiger partial charge in [0.1, 0.15) is 22.0 Å². The third-order valence-electron chi connectivity index (χ3n) is 3.86. The Hall–Kier alpha value is -1.53. The number of nitrogens with zero attached hydrogens (tertiary/aromatic N) is 3. The Bertz CT molecular complexity index is 790. The summed E-state index contributed by atoms with van der Waals surface area (Å²) in [4.78, 5) is 17.3. The molecule has 1 N–H and O–H groups in total. The van der Waals surface area contributed by atoms with Gasteiger partial charge in [0.2, 0.25) is 0 Å². The second kappa shape index (κ2) is 5.35. The topological polar surface area (TPSA) is 50.7 Å². The Morgan fingerprint density at radius 1 is 1.19 bits per heavy atom. The molecule has 0 bridgehead atoms. The van der Waals surface area contributed by atoms with E-state index in [4.69, 9.17) is 0 Å². The highest BCUT2D eigenvalue weighted by Crippen LogP contribution is 2.39. The highest BCUT2D eigenvalue weighted by Gasteiger charge is 2.21. The van der Waals surface area contributed by atoms with Crippen LogP contribution in [0.3, 0.4) is 0 Å². The van der Waals surface area contributed by atoms with Crippen molar-refractivity contribution < 1.29 is 0 Å². The number of nitrogens with one attached hydrogen (secondary N) is 1. The van der Waals surface area contributed by atoms with Crippen molar-refractivity contribution in [1.82, 2.24) is 15.0 Å². The van der Waals surface area contributed by atoms with Crippen LogP contribution in [0, 0.1) is 0 Å². The lowest BCUT2D eigenvalue weighted by Crippen LogP contribution is -2.02. The predicted octanol–water partition coefficient (Wildman–Crippen LogP) is 3.81. The monoisotopic (exact) mass is 316 g/mol. The third kappa shape index (κ3) is 2.32. The van der Waals surface area contributed by atoms with Crippen molar-refractivity contribution in [1.29, 1.82) is 0 Å². The minimum atomic E-state index is 0.738. The number of aryl methyl sites for hydroxylation is 3. The van der Waals surface area contributed by atoms with Crippen LogP contribution in [0.1, 0.15) is 33.7 Å². The van der Waals surface area contributed by atoms with Crippen LogP contribution < -0.4 is 5.32 Å². The average Bonchev–Trinajstić information content (AvgIpc) is 3.19. The van der Waals surface area contributed by atoms with E-state index in [0.717, 1.165) is 35.0 Å². The maximum absolute atomic E-state index is 4.46. The van der Waals surface area contributed by atoms with E-state index in [-0.39, 0.29) is 0 Å². The van der Waals surface area contributed by atoms with Crippen LogP contribution in [0.15, 0.2) is 12.5 Å². The van der Waals surface area contributed by atoms with Gasteiger partial charge in [0.25, 0.3) is 0 Å². The zero-order valence-corrected chi connectivity index (χ0v) is 13.5. The summed E-state index contributed by atoms with van der Waals surface area (Å²) in [6.45, 7) is 2.90. The Kier molecular flexibility index (Phi) is 3.35. The van der Waals surface area contributed by atoms with Gasteiger partial charge in [0, 0.05) is 16.0 Å². The molecule has 108 valence electrons. The lowest BCUT2D eigenvalue weighted by atomic mass is 10.2. The Labute approximate surface area is 131 Å². The first-order valence-corrected chi connectivity index (χ1v) is 8.91. The molecule has 0 unspecified atom stereocenters. The van der Waals surface area contributed by atoms with Gasteiger partial charge >= 0.3 is 0 Å². The summed E-state index contributed by atoms with van der Waals surface area (Å²) < 4.78 is 0. The van der Waals surface area contributed by atoms with Gasteiger partial charge in [-0.1, -0.05) is 6.92 Å². The smallest absolute Gasteiger partial charge is 0.138 e. The van der Waals surface area contributed by atoms with Gasteiger partial charge in [-0.25, -0.2) is 15.0 Å². The van der Waals surface area contributed by atoms with E-state index >= 15 is 0 Å². The highest BCUT2D eigenvalue weighted by molar-refractivity contribution is 7.19. The number of rotatable bonds is 4. The number of thiophene rings is 1. The summed E-state index contributed by atoms with van der Waals surface area (Å²) in [7, 11) is 0. The minimum Gasteiger partial charge on any atom is -0.363 e. The van der Waals surface area contributed by atoms with Gasteiger partial charge in [-0.15, -0.1) is 22.7 Å². The Balaban J connectivity index is 1.64. The van der Waals surface area contributed by atoms with Gasteiger partial charge in [-0.3, -0.25) is 0 Å². The highest BCUT2D eigenvalue weighted by atomic mass is 32.1. The zero-order chi connectivity index (χ0) is 14.2. The normalized spacial score (nSPS) is 13.8. The van der Waals surface area contributed by atoms with Crippen LogP contribution in [0.5, 0.6) is 0 Å². The van der Waals surface area contributed by atoms with E-state index in [9.17, 15) is 0 Å². The van der Waals surface area contributed by atoms with Gasteiger partial charge in [-0.05, 0) is 31.2 Å². The molecule has 0 fully saturated rings. The SMILES string of the molecule is CCc1cnc(CNc2ncnc3sc4c(c23)CCC4)s1. The van der Waals surface area contributed by atoms with Crippen molar-refractivity contribution in [2.75, 3.05) is 5.32 Å². The number of hydrogen-bond acceptors (Lipinski definition) is 6. The number of aromatic nitrogens is 3. The van der Waals surface area contributed by atoms with Gasteiger partial charge in [-0.2, -0.15) is 0 Å². The van der Waals surface area contributed by atoms with E-state index in [1.54, 1.807) is 17.7 Å². The first kappa shape index (κ1) is 13.2. The van der Waals surface area contributed by atoms with Crippen LogP contribution in [0.25, 0.3) is 10.2 Å². The Morgan fingerprint density at radius 2 is 2.14 bits per heavy atom. The molecule has 0 aliphatic heterocycles. The van der Waals surface area contributed by atoms with E-state index in [0.29, 0.717) is 0 Å². The predicted molar refractivity (Wildman–Crippen MR) is 88.3 cm³/mol. The van der Waals surface area contributed by atoms with Crippen molar-refractivity contribution in [2.24, 2.45) is 0 Å². The first-order chi connectivity index (χ1) is 10.3. The number of hydrogen-bond donors (Lipinski definition) is 1. The lowest BCUT2D eigenvalue weighted by Gasteiger charge is -2.05. The molecule has 3 aromatic heterocycles. The number of fused-ring (bicyclic) bond motifs is 3. The fourth-order valence-corrected chi connectivity index (χ4v) is 4.85. The first-order valence-electron chi connectivity index (χ1n) is 7.28. The molecule has 0 spiro atoms. The second-order valence-corrected chi connectivity index (χ2v) is 7.47. The molecule has 1 aliphatic carbocycles. The van der Waals surface area contributed by atoms with Crippen LogP contribution in [0.2, 0.25) is 0 Å². The molecule has 0 saturated carbocycles. The molecule has 3 heterocycles. The summed E-state index contributed by atoms with van der Waals surface area (Å²) in [5.41, 5.74) is 1.46. The maximum Gasteiger partial charge on any atom is 0.138 e. The molecule has 3 aromatic rings. The summed E-state index contributed by atoms with van der Waals surface area (Å²) in [5, 5.41) is 5.82. The molecular formula is C15H16N4S2. The van der Waals surface area contributed by atoms with Gasteiger partial charge in [0.15, 0.2) is 0 Å². The second-order valence-electron chi connectivity index (χ2n) is 5.19. The van der Waals surface area contributed by atoms with Crippen molar-refractivity contribution in [3.05, 3.63) is 32.8 Å². The molecule has 0 amide bonds. The molecule has 0 saturated heterocycles. The molecule has 4 rings (SSSR count). The van der Waals surface area contributed by atoms with Crippen molar-refractivity contribution >= 4 is 38.7 Å². The van der Waals surface area contributed by atoms with Crippen LogP contribution in [-0.2, 0) is 25.8 Å².